The average Bonchev–Trinajstić information content (AvgIpc) is 2.93. The van der Waals surface area contributed by atoms with Gasteiger partial charge in [-0.05, 0) is 34.8 Å². The summed E-state index contributed by atoms with van der Waals surface area (Å²) in [5.74, 6) is -4.50. The third kappa shape index (κ3) is 4.25. The summed E-state index contributed by atoms with van der Waals surface area (Å²) in [4.78, 5) is 49.6. The number of ether oxygens (including phenoxy) is 1. The Bertz CT molecular complexity index is 1000. The number of hydrogen-bond acceptors (Lipinski definition) is 5. The molecule has 0 spiro atoms. The molecule has 11 heteroatoms. The third-order valence-electron chi connectivity index (χ3n) is 4.74. The molecule has 10 nitrogen and oxygen atoms in total. The minimum Gasteiger partial charge on any atom is -0.479 e. The van der Waals surface area contributed by atoms with Crippen LogP contribution in [-0.4, -0.2) is 49.7 Å². The number of carboxylic acid groups (broad SMARTS) is 2. The summed E-state index contributed by atoms with van der Waals surface area (Å²) in [6, 6.07) is 7.96. The van der Waals surface area contributed by atoms with E-state index >= 15 is 0 Å². The number of carboxylic acids is 1. The Labute approximate surface area is 180 Å². The first kappa shape index (κ1) is 23.2. The predicted molar refractivity (Wildman–Crippen MR) is 109 cm³/mol. The topological polar surface area (TPSA) is 151 Å². The van der Waals surface area contributed by atoms with Gasteiger partial charge in [0.15, 0.2) is 0 Å². The van der Waals surface area contributed by atoms with Crippen LogP contribution >= 0.6 is 15.9 Å². The molecule has 0 radical (unpaired) electrons. The molecule has 2 aromatic rings. The molecule has 3 unspecified atom stereocenters. The number of rotatable bonds is 8. The fraction of sp³-hybridized carbons (Fsp3) is 0.368. The van der Waals surface area contributed by atoms with Crippen LogP contribution in [0.5, 0.6) is 0 Å². The first-order valence-corrected chi connectivity index (χ1v) is 9.80. The van der Waals surface area contributed by atoms with Crippen molar-refractivity contribution in [1.82, 2.24) is 15.1 Å². The summed E-state index contributed by atoms with van der Waals surface area (Å²) in [6.07, 6.45) is -2.02. The van der Waals surface area contributed by atoms with Crippen LogP contribution in [0, 0.1) is 0 Å². The Balaban J connectivity index is 2.91. The van der Waals surface area contributed by atoms with Crippen molar-refractivity contribution in [3.05, 3.63) is 56.4 Å². The second kappa shape index (κ2) is 9.16. The van der Waals surface area contributed by atoms with Gasteiger partial charge in [-0.15, -0.1) is 0 Å². The number of aromatic nitrogens is 2. The van der Waals surface area contributed by atoms with E-state index in [1.165, 1.54) is 23.9 Å². The summed E-state index contributed by atoms with van der Waals surface area (Å²) < 4.78 is 6.48. The van der Waals surface area contributed by atoms with E-state index in [1.807, 2.05) is 5.32 Å². The number of halogens is 1. The first-order valence-electron chi connectivity index (χ1n) is 9.01. The minimum absolute atomic E-state index is 0.0343. The number of hydrogen-bond donors (Lipinski definition) is 4. The molecule has 1 aromatic carbocycles. The molecule has 0 aliphatic heterocycles. The summed E-state index contributed by atoms with van der Waals surface area (Å²) >= 11 is 3.14. The zero-order valence-electron chi connectivity index (χ0n) is 16.5. The number of benzene rings is 1. The van der Waals surface area contributed by atoms with Crippen LogP contribution in [-0.2, 0) is 21.4 Å². The lowest BCUT2D eigenvalue weighted by Crippen LogP contribution is -2.65. The molecule has 162 valence electrons. The molecule has 30 heavy (non-hydrogen) atoms. The Kier molecular flexibility index (Phi) is 7.08. The fourth-order valence-corrected chi connectivity index (χ4v) is 3.72. The van der Waals surface area contributed by atoms with Gasteiger partial charge in [-0.3, -0.25) is 19.9 Å². The molecule has 4 N–H and O–H groups in total. The highest BCUT2D eigenvalue weighted by atomic mass is 79.9. The van der Waals surface area contributed by atoms with Gasteiger partial charge in [0.1, 0.15) is 4.47 Å². The van der Waals surface area contributed by atoms with Crippen LogP contribution in [0.15, 0.2) is 39.6 Å². The molecule has 1 amide bonds. The molecule has 0 saturated heterocycles. The van der Waals surface area contributed by atoms with E-state index in [1.54, 1.807) is 32.0 Å². The molecule has 1 aromatic heterocycles. The first-order chi connectivity index (χ1) is 14.1. The molecular weight excluding hydrogens is 462 g/mol. The number of carbonyl (C=O) groups is 3. The predicted octanol–water partition coefficient (Wildman–Crippen LogP) is 2.04. The lowest BCUT2D eigenvalue weighted by Gasteiger charge is -2.36. The van der Waals surface area contributed by atoms with Crippen LogP contribution < -0.4 is 10.9 Å². The van der Waals surface area contributed by atoms with Gasteiger partial charge in [0.05, 0.1) is 17.7 Å². The van der Waals surface area contributed by atoms with Gasteiger partial charge in [0.2, 0.25) is 0 Å². The number of carbonyl (C=O) groups excluding carboxylic acids is 1. The van der Waals surface area contributed by atoms with E-state index in [2.05, 4.69) is 21.0 Å². The summed E-state index contributed by atoms with van der Waals surface area (Å²) in [5.41, 5.74) is -3.00. The standard InChI is InChI=1S/C19H22BrN3O7/c1-4-10(2)30-17(27)19(16(25)26,21-18(28)29)12(11-8-6-5-7-9-11)14-13(20)15(24)22-23(14)3/h5-10,12,21H,4H2,1-3H3,(H,22,24)(H,25,26)(H,28,29). The maximum absolute atomic E-state index is 13.2. The molecule has 3 atom stereocenters. The number of nitrogens with zero attached hydrogens (tertiary/aromatic N) is 1. The average molecular weight is 484 g/mol. The summed E-state index contributed by atoms with van der Waals surface area (Å²) in [6.45, 7) is 3.29. The quantitative estimate of drug-likeness (QED) is 0.331. The Hall–Kier alpha value is -3.08. The number of aliphatic carboxylic acids is 1. The van der Waals surface area contributed by atoms with E-state index in [9.17, 15) is 29.4 Å². The fourth-order valence-electron chi connectivity index (χ4n) is 3.14. The van der Waals surface area contributed by atoms with Crippen LogP contribution in [0.25, 0.3) is 0 Å². The molecule has 0 bridgehead atoms. The highest BCUT2D eigenvalue weighted by Crippen LogP contribution is 2.39. The normalized spacial score (nSPS) is 14.9. The molecule has 2 rings (SSSR count). The van der Waals surface area contributed by atoms with Crippen molar-refractivity contribution < 1.29 is 29.3 Å². The lowest BCUT2D eigenvalue weighted by molar-refractivity contribution is -0.167. The number of nitrogens with one attached hydrogen (secondary N) is 2. The van der Waals surface area contributed by atoms with Gasteiger partial charge < -0.3 is 14.9 Å². The van der Waals surface area contributed by atoms with Crippen LogP contribution in [0.3, 0.4) is 0 Å². The van der Waals surface area contributed by atoms with Crippen molar-refractivity contribution in [2.45, 2.75) is 37.8 Å². The maximum Gasteiger partial charge on any atom is 0.406 e. The number of H-pyrrole nitrogens is 1. The molecule has 0 saturated carbocycles. The van der Waals surface area contributed by atoms with E-state index in [4.69, 9.17) is 4.74 Å². The zero-order chi connectivity index (χ0) is 22.6. The molecule has 0 fully saturated rings. The Morgan fingerprint density at radius 1 is 1.27 bits per heavy atom. The van der Waals surface area contributed by atoms with Gasteiger partial charge in [0, 0.05) is 7.05 Å². The van der Waals surface area contributed by atoms with Gasteiger partial charge in [0.25, 0.3) is 11.1 Å². The van der Waals surface area contributed by atoms with Crippen molar-refractivity contribution in [2.75, 3.05) is 0 Å². The second-order valence-electron chi connectivity index (χ2n) is 6.71. The molecular formula is C19H22BrN3O7. The summed E-state index contributed by atoms with van der Waals surface area (Å²) in [7, 11) is 1.45. The molecule has 0 aliphatic rings. The van der Waals surface area contributed by atoms with E-state index in [0.717, 1.165) is 0 Å². The van der Waals surface area contributed by atoms with Crippen LogP contribution in [0.1, 0.15) is 37.4 Å². The van der Waals surface area contributed by atoms with E-state index in [-0.39, 0.29) is 15.7 Å². The Morgan fingerprint density at radius 2 is 1.87 bits per heavy atom. The van der Waals surface area contributed by atoms with Crippen molar-refractivity contribution in [3.63, 3.8) is 0 Å². The number of amides is 1. The van der Waals surface area contributed by atoms with Gasteiger partial charge in [-0.1, -0.05) is 37.3 Å². The highest BCUT2D eigenvalue weighted by Gasteiger charge is 2.58. The van der Waals surface area contributed by atoms with Crippen molar-refractivity contribution in [1.29, 1.82) is 0 Å². The minimum atomic E-state index is -2.77. The van der Waals surface area contributed by atoms with Gasteiger partial charge in [-0.25, -0.2) is 14.4 Å². The number of aromatic amines is 1. The third-order valence-corrected chi connectivity index (χ3v) is 5.51. The molecule has 1 heterocycles. The second-order valence-corrected chi connectivity index (χ2v) is 7.50. The molecule has 0 aliphatic carbocycles. The van der Waals surface area contributed by atoms with E-state index in [0.29, 0.717) is 6.42 Å². The zero-order valence-corrected chi connectivity index (χ0v) is 18.1. The van der Waals surface area contributed by atoms with Crippen LogP contribution in [0.4, 0.5) is 4.79 Å². The number of esters is 1. The van der Waals surface area contributed by atoms with Crippen molar-refractivity contribution >= 4 is 34.0 Å². The largest absolute Gasteiger partial charge is 0.479 e. The highest BCUT2D eigenvalue weighted by molar-refractivity contribution is 9.10. The monoisotopic (exact) mass is 483 g/mol. The lowest BCUT2D eigenvalue weighted by atomic mass is 9.76. The maximum atomic E-state index is 13.2. The van der Waals surface area contributed by atoms with Gasteiger partial charge >= 0.3 is 18.0 Å². The van der Waals surface area contributed by atoms with E-state index < -0.39 is 41.2 Å². The van der Waals surface area contributed by atoms with Crippen LogP contribution in [0.2, 0.25) is 0 Å². The van der Waals surface area contributed by atoms with Crippen molar-refractivity contribution in [3.8, 4) is 0 Å². The Morgan fingerprint density at radius 3 is 2.30 bits per heavy atom. The smallest absolute Gasteiger partial charge is 0.406 e. The SMILES string of the molecule is CCC(C)OC(=O)C(NC(=O)O)(C(=O)O)C(c1ccccc1)c1c(Br)c(=O)[nH]n1C. The number of aryl methyl sites for hydroxylation is 1. The summed E-state index contributed by atoms with van der Waals surface area (Å²) in [5, 5.41) is 24.0. The van der Waals surface area contributed by atoms with Crippen molar-refractivity contribution in [2.24, 2.45) is 7.05 Å². The van der Waals surface area contributed by atoms with Gasteiger partial charge in [-0.2, -0.15) is 0 Å².